The number of rotatable bonds is 6. The van der Waals surface area contributed by atoms with Crippen molar-refractivity contribution in [3.8, 4) is 0 Å². The standard InChI is InChI=1S/C13H12N2O3S2/c16-11(8-20-13-2-1-5-19-13)15-10-4-3-9(14-7-10)6-12(17)18/h1-5,7H,6,8H2,(H,15,16)(H,17,18). The van der Waals surface area contributed by atoms with Gasteiger partial charge in [0.15, 0.2) is 0 Å². The van der Waals surface area contributed by atoms with Crippen LogP contribution in [0.4, 0.5) is 5.69 Å². The molecule has 0 fully saturated rings. The Kier molecular flexibility index (Phi) is 5.14. The van der Waals surface area contributed by atoms with Crippen molar-refractivity contribution in [3.05, 3.63) is 41.5 Å². The number of hydrogen-bond donors (Lipinski definition) is 2. The molecule has 0 aromatic carbocycles. The number of carboxylic acid groups (broad SMARTS) is 1. The lowest BCUT2D eigenvalue weighted by molar-refractivity contribution is -0.136. The van der Waals surface area contributed by atoms with Gasteiger partial charge in [-0.1, -0.05) is 6.07 Å². The van der Waals surface area contributed by atoms with Gasteiger partial charge < -0.3 is 10.4 Å². The van der Waals surface area contributed by atoms with Gasteiger partial charge in [-0.25, -0.2) is 0 Å². The molecular weight excluding hydrogens is 296 g/mol. The van der Waals surface area contributed by atoms with E-state index in [0.29, 0.717) is 17.1 Å². The first-order valence-electron chi connectivity index (χ1n) is 5.76. The van der Waals surface area contributed by atoms with E-state index in [0.717, 1.165) is 4.21 Å². The van der Waals surface area contributed by atoms with E-state index in [-0.39, 0.29) is 12.3 Å². The summed E-state index contributed by atoms with van der Waals surface area (Å²) in [4.78, 5) is 26.2. The molecule has 2 rings (SSSR count). The highest BCUT2D eigenvalue weighted by molar-refractivity contribution is 8.01. The summed E-state index contributed by atoms with van der Waals surface area (Å²) in [6.07, 6.45) is 1.34. The third-order valence-corrected chi connectivity index (χ3v) is 4.41. The smallest absolute Gasteiger partial charge is 0.309 e. The fourth-order valence-electron chi connectivity index (χ4n) is 1.44. The Labute approximate surface area is 124 Å². The molecular formula is C13H12N2O3S2. The number of anilines is 1. The Balaban J connectivity index is 1.83. The average Bonchev–Trinajstić information content (AvgIpc) is 2.91. The summed E-state index contributed by atoms with van der Waals surface area (Å²) in [6.45, 7) is 0. The molecule has 5 nitrogen and oxygen atoms in total. The molecule has 0 unspecified atom stereocenters. The normalized spacial score (nSPS) is 10.2. The predicted octanol–water partition coefficient (Wildman–Crippen LogP) is 2.50. The van der Waals surface area contributed by atoms with Crippen molar-refractivity contribution in [2.45, 2.75) is 10.6 Å². The van der Waals surface area contributed by atoms with Crippen LogP contribution < -0.4 is 5.32 Å². The molecule has 0 saturated carbocycles. The Hall–Kier alpha value is -1.86. The number of nitrogens with zero attached hydrogens (tertiary/aromatic N) is 1. The first kappa shape index (κ1) is 14.5. The Morgan fingerprint density at radius 3 is 2.80 bits per heavy atom. The zero-order chi connectivity index (χ0) is 14.4. The van der Waals surface area contributed by atoms with E-state index in [1.165, 1.54) is 18.0 Å². The summed E-state index contributed by atoms with van der Waals surface area (Å²) < 4.78 is 1.09. The second-order valence-electron chi connectivity index (χ2n) is 3.88. The summed E-state index contributed by atoms with van der Waals surface area (Å²) in [5, 5.41) is 13.3. The van der Waals surface area contributed by atoms with E-state index in [4.69, 9.17) is 5.11 Å². The van der Waals surface area contributed by atoms with Crippen molar-refractivity contribution >= 4 is 40.7 Å². The van der Waals surface area contributed by atoms with Crippen molar-refractivity contribution in [1.82, 2.24) is 4.98 Å². The minimum absolute atomic E-state index is 0.115. The number of carboxylic acids is 1. The van der Waals surface area contributed by atoms with Crippen molar-refractivity contribution in [2.24, 2.45) is 0 Å². The highest BCUT2D eigenvalue weighted by Gasteiger charge is 2.06. The fourth-order valence-corrected chi connectivity index (χ4v) is 3.02. The maximum atomic E-state index is 11.7. The molecule has 2 heterocycles. The highest BCUT2D eigenvalue weighted by atomic mass is 32.2. The third kappa shape index (κ3) is 4.67. The van der Waals surface area contributed by atoms with Crippen LogP contribution in [0.2, 0.25) is 0 Å². The molecule has 0 saturated heterocycles. The van der Waals surface area contributed by atoms with E-state index in [2.05, 4.69) is 10.3 Å². The van der Waals surface area contributed by atoms with E-state index >= 15 is 0 Å². The van der Waals surface area contributed by atoms with Gasteiger partial charge in [-0.05, 0) is 23.6 Å². The number of amides is 1. The van der Waals surface area contributed by atoms with E-state index in [1.54, 1.807) is 23.5 Å². The van der Waals surface area contributed by atoms with Gasteiger partial charge in [0.1, 0.15) is 0 Å². The van der Waals surface area contributed by atoms with Crippen LogP contribution in [0.3, 0.4) is 0 Å². The molecule has 0 spiro atoms. The summed E-state index contributed by atoms with van der Waals surface area (Å²) >= 11 is 3.07. The van der Waals surface area contributed by atoms with E-state index in [9.17, 15) is 9.59 Å². The van der Waals surface area contributed by atoms with Gasteiger partial charge in [-0.15, -0.1) is 23.1 Å². The van der Waals surface area contributed by atoms with Crippen molar-refractivity contribution < 1.29 is 14.7 Å². The average molecular weight is 308 g/mol. The zero-order valence-electron chi connectivity index (χ0n) is 10.4. The Morgan fingerprint density at radius 2 is 2.20 bits per heavy atom. The number of thioether (sulfide) groups is 1. The maximum absolute atomic E-state index is 11.7. The molecule has 1 amide bonds. The van der Waals surface area contributed by atoms with Crippen LogP contribution in [0.1, 0.15) is 5.69 Å². The molecule has 0 aliphatic rings. The summed E-state index contributed by atoms with van der Waals surface area (Å²) in [7, 11) is 0. The lowest BCUT2D eigenvalue weighted by Gasteiger charge is -2.04. The van der Waals surface area contributed by atoms with Crippen molar-refractivity contribution in [3.63, 3.8) is 0 Å². The van der Waals surface area contributed by atoms with Crippen LogP contribution in [0.25, 0.3) is 0 Å². The topological polar surface area (TPSA) is 79.3 Å². The number of nitrogens with one attached hydrogen (secondary N) is 1. The highest BCUT2D eigenvalue weighted by Crippen LogP contribution is 2.23. The van der Waals surface area contributed by atoms with Crippen molar-refractivity contribution in [2.75, 3.05) is 11.1 Å². The van der Waals surface area contributed by atoms with Crippen LogP contribution in [0, 0.1) is 0 Å². The Morgan fingerprint density at radius 1 is 1.35 bits per heavy atom. The number of aromatic nitrogens is 1. The van der Waals surface area contributed by atoms with Gasteiger partial charge in [0, 0.05) is 0 Å². The van der Waals surface area contributed by atoms with Gasteiger partial charge in [0.2, 0.25) is 5.91 Å². The fraction of sp³-hybridized carbons (Fsp3) is 0.154. The van der Waals surface area contributed by atoms with E-state index in [1.807, 2.05) is 17.5 Å². The van der Waals surface area contributed by atoms with Gasteiger partial charge in [-0.3, -0.25) is 14.6 Å². The number of aliphatic carboxylic acids is 1. The molecule has 0 radical (unpaired) electrons. The molecule has 7 heteroatoms. The molecule has 0 bridgehead atoms. The molecule has 104 valence electrons. The largest absolute Gasteiger partial charge is 0.481 e. The molecule has 2 aromatic heterocycles. The monoisotopic (exact) mass is 308 g/mol. The molecule has 0 aliphatic carbocycles. The van der Waals surface area contributed by atoms with Gasteiger partial charge in [-0.2, -0.15) is 0 Å². The summed E-state index contributed by atoms with van der Waals surface area (Å²) in [6, 6.07) is 7.15. The lowest BCUT2D eigenvalue weighted by Crippen LogP contribution is -2.14. The summed E-state index contributed by atoms with van der Waals surface area (Å²) in [5.74, 6) is -0.713. The number of hydrogen-bond acceptors (Lipinski definition) is 5. The van der Waals surface area contributed by atoms with Crippen LogP contribution in [0.5, 0.6) is 0 Å². The second-order valence-corrected chi connectivity index (χ2v) is 6.10. The Bertz CT molecular complexity index is 582. The first-order valence-corrected chi connectivity index (χ1v) is 7.63. The maximum Gasteiger partial charge on any atom is 0.309 e. The van der Waals surface area contributed by atoms with Gasteiger partial charge in [0.05, 0.1) is 34.0 Å². The minimum atomic E-state index is -0.929. The first-order chi connectivity index (χ1) is 9.63. The minimum Gasteiger partial charge on any atom is -0.481 e. The number of carbonyl (C=O) groups is 2. The molecule has 0 aliphatic heterocycles. The summed E-state index contributed by atoms with van der Waals surface area (Å²) in [5.41, 5.74) is 1.03. The van der Waals surface area contributed by atoms with Crippen LogP contribution in [-0.4, -0.2) is 27.7 Å². The van der Waals surface area contributed by atoms with Crippen LogP contribution in [0.15, 0.2) is 40.1 Å². The quantitative estimate of drug-likeness (QED) is 0.802. The van der Waals surface area contributed by atoms with Crippen LogP contribution >= 0.6 is 23.1 Å². The molecule has 2 N–H and O–H groups in total. The van der Waals surface area contributed by atoms with Gasteiger partial charge >= 0.3 is 5.97 Å². The predicted molar refractivity (Wildman–Crippen MR) is 79.2 cm³/mol. The van der Waals surface area contributed by atoms with E-state index < -0.39 is 5.97 Å². The van der Waals surface area contributed by atoms with Crippen LogP contribution in [-0.2, 0) is 16.0 Å². The second kappa shape index (κ2) is 7.06. The molecule has 0 atom stereocenters. The number of pyridine rings is 1. The SMILES string of the molecule is O=C(O)Cc1ccc(NC(=O)CSc2cccs2)cn1. The lowest BCUT2D eigenvalue weighted by atomic mass is 10.2. The third-order valence-electron chi connectivity index (χ3n) is 2.28. The zero-order valence-corrected chi connectivity index (χ0v) is 12.0. The molecule has 20 heavy (non-hydrogen) atoms. The van der Waals surface area contributed by atoms with Gasteiger partial charge in [0.25, 0.3) is 0 Å². The number of carbonyl (C=O) groups excluding carboxylic acids is 1. The number of thiophene rings is 1. The molecule has 2 aromatic rings. The van der Waals surface area contributed by atoms with Crippen molar-refractivity contribution in [1.29, 1.82) is 0 Å².